The van der Waals surface area contributed by atoms with Gasteiger partial charge in [-0.3, -0.25) is 4.90 Å². The number of piperazine rings is 1. The lowest BCUT2D eigenvalue weighted by atomic mass is 10.3. The molecule has 6 heteroatoms. The fourth-order valence-electron chi connectivity index (χ4n) is 2.12. The summed E-state index contributed by atoms with van der Waals surface area (Å²) >= 11 is 0. The normalized spacial score (nSPS) is 24.8. The minimum absolute atomic E-state index is 0.0790. The number of hydrogen-bond acceptors (Lipinski definition) is 4. The van der Waals surface area contributed by atoms with Crippen LogP contribution in [0.5, 0.6) is 0 Å². The SMILES string of the molecule is NS(=O)(=O)CCN1CCN(CC2CC2)CC1. The third-order valence-corrected chi connectivity index (χ3v) is 4.12. The summed E-state index contributed by atoms with van der Waals surface area (Å²) in [6, 6.07) is 0. The van der Waals surface area contributed by atoms with Gasteiger partial charge in [0.1, 0.15) is 0 Å². The lowest BCUT2D eigenvalue weighted by Crippen LogP contribution is -2.48. The molecule has 94 valence electrons. The molecule has 0 bridgehead atoms. The van der Waals surface area contributed by atoms with Gasteiger partial charge in [-0.2, -0.15) is 0 Å². The van der Waals surface area contributed by atoms with Crippen molar-refractivity contribution in [1.29, 1.82) is 0 Å². The predicted molar refractivity (Wildman–Crippen MR) is 63.6 cm³/mol. The van der Waals surface area contributed by atoms with Gasteiger partial charge in [0.2, 0.25) is 10.0 Å². The Labute approximate surface area is 97.6 Å². The third-order valence-electron chi connectivity index (χ3n) is 3.37. The van der Waals surface area contributed by atoms with Crippen LogP contribution in [0.15, 0.2) is 0 Å². The van der Waals surface area contributed by atoms with Crippen molar-refractivity contribution in [3.63, 3.8) is 0 Å². The lowest BCUT2D eigenvalue weighted by Gasteiger charge is -2.34. The molecule has 2 fully saturated rings. The fourth-order valence-corrected chi connectivity index (χ4v) is 2.63. The van der Waals surface area contributed by atoms with Crippen molar-refractivity contribution in [3.05, 3.63) is 0 Å². The maximum absolute atomic E-state index is 10.8. The van der Waals surface area contributed by atoms with Crippen LogP contribution >= 0.6 is 0 Å². The molecule has 16 heavy (non-hydrogen) atoms. The second kappa shape index (κ2) is 5.00. The molecule has 2 N–H and O–H groups in total. The molecule has 2 rings (SSSR count). The molecular formula is C10H21N3O2S. The number of sulfonamides is 1. The van der Waals surface area contributed by atoms with E-state index in [1.165, 1.54) is 19.4 Å². The molecule has 0 aromatic heterocycles. The zero-order chi connectivity index (χ0) is 11.6. The molecule has 0 aromatic rings. The minimum atomic E-state index is -3.30. The predicted octanol–water partition coefficient (Wildman–Crippen LogP) is -0.697. The summed E-state index contributed by atoms with van der Waals surface area (Å²) in [6.07, 6.45) is 2.79. The van der Waals surface area contributed by atoms with Crippen molar-refractivity contribution >= 4 is 10.0 Å². The van der Waals surface area contributed by atoms with Gasteiger partial charge >= 0.3 is 0 Å². The van der Waals surface area contributed by atoms with Crippen LogP contribution < -0.4 is 5.14 Å². The highest BCUT2D eigenvalue weighted by Crippen LogP contribution is 2.29. The van der Waals surface area contributed by atoms with Gasteiger partial charge in [-0.1, -0.05) is 0 Å². The first-order valence-electron chi connectivity index (χ1n) is 5.98. The van der Waals surface area contributed by atoms with E-state index in [0.29, 0.717) is 6.54 Å². The van der Waals surface area contributed by atoms with E-state index in [0.717, 1.165) is 32.1 Å². The van der Waals surface area contributed by atoms with Crippen molar-refractivity contribution < 1.29 is 8.42 Å². The summed E-state index contributed by atoms with van der Waals surface area (Å²) in [6.45, 7) is 5.91. The van der Waals surface area contributed by atoms with Gasteiger partial charge in [-0.05, 0) is 18.8 Å². The molecule has 1 aliphatic heterocycles. The maximum atomic E-state index is 10.8. The molecule has 1 aliphatic carbocycles. The molecule has 1 saturated carbocycles. The van der Waals surface area contributed by atoms with Gasteiger partial charge in [0.15, 0.2) is 0 Å². The molecule has 0 spiro atoms. The van der Waals surface area contributed by atoms with Crippen LogP contribution in [0, 0.1) is 5.92 Å². The van der Waals surface area contributed by atoms with Crippen LogP contribution in [-0.4, -0.2) is 63.2 Å². The van der Waals surface area contributed by atoms with Gasteiger partial charge in [0.25, 0.3) is 0 Å². The molecule has 0 radical (unpaired) electrons. The first kappa shape index (κ1) is 12.3. The molecule has 0 unspecified atom stereocenters. The van der Waals surface area contributed by atoms with Crippen molar-refractivity contribution in [1.82, 2.24) is 9.80 Å². The van der Waals surface area contributed by atoms with Gasteiger partial charge in [0.05, 0.1) is 5.75 Å². The molecule has 0 aromatic carbocycles. The van der Waals surface area contributed by atoms with Crippen LogP contribution in [0.25, 0.3) is 0 Å². The zero-order valence-corrected chi connectivity index (χ0v) is 10.5. The molecule has 1 heterocycles. The van der Waals surface area contributed by atoms with E-state index < -0.39 is 10.0 Å². The summed E-state index contributed by atoms with van der Waals surface area (Å²) in [4.78, 5) is 4.68. The Kier molecular flexibility index (Phi) is 3.84. The Balaban J connectivity index is 1.64. The average molecular weight is 247 g/mol. The average Bonchev–Trinajstić information content (AvgIpc) is 3.00. The highest BCUT2D eigenvalue weighted by Gasteiger charge is 2.26. The number of nitrogens with zero attached hydrogens (tertiary/aromatic N) is 2. The van der Waals surface area contributed by atoms with E-state index >= 15 is 0 Å². The van der Waals surface area contributed by atoms with Crippen molar-refractivity contribution in [3.8, 4) is 0 Å². The number of hydrogen-bond donors (Lipinski definition) is 1. The first-order valence-corrected chi connectivity index (χ1v) is 7.70. The van der Waals surface area contributed by atoms with E-state index in [1.54, 1.807) is 0 Å². The topological polar surface area (TPSA) is 66.6 Å². The molecule has 0 atom stereocenters. The first-order chi connectivity index (χ1) is 7.53. The van der Waals surface area contributed by atoms with Crippen LogP contribution in [0.3, 0.4) is 0 Å². The lowest BCUT2D eigenvalue weighted by molar-refractivity contribution is 0.134. The maximum Gasteiger partial charge on any atom is 0.210 e. The molecule has 5 nitrogen and oxygen atoms in total. The third kappa shape index (κ3) is 4.37. The zero-order valence-electron chi connectivity index (χ0n) is 9.64. The van der Waals surface area contributed by atoms with E-state index in [2.05, 4.69) is 9.80 Å². The Hall–Kier alpha value is -0.170. The number of primary sulfonamides is 1. The smallest absolute Gasteiger partial charge is 0.210 e. The van der Waals surface area contributed by atoms with Gasteiger partial charge in [-0.15, -0.1) is 0 Å². The van der Waals surface area contributed by atoms with Crippen LogP contribution in [0.1, 0.15) is 12.8 Å². The summed E-state index contributed by atoms with van der Waals surface area (Å²) in [7, 11) is -3.30. The van der Waals surface area contributed by atoms with Crippen LogP contribution in [-0.2, 0) is 10.0 Å². The van der Waals surface area contributed by atoms with Gasteiger partial charge in [0, 0.05) is 39.3 Å². The Morgan fingerprint density at radius 2 is 1.62 bits per heavy atom. The van der Waals surface area contributed by atoms with E-state index in [-0.39, 0.29) is 5.75 Å². The van der Waals surface area contributed by atoms with E-state index in [1.807, 2.05) is 0 Å². The standard InChI is InChI=1S/C10H21N3O2S/c11-16(14,15)8-7-12-3-5-13(6-4-12)9-10-1-2-10/h10H,1-9H2,(H2,11,14,15). The van der Waals surface area contributed by atoms with Crippen LogP contribution in [0.4, 0.5) is 0 Å². The number of rotatable bonds is 5. The largest absolute Gasteiger partial charge is 0.301 e. The molecule has 2 aliphatic rings. The molecule has 1 saturated heterocycles. The monoisotopic (exact) mass is 247 g/mol. The second-order valence-electron chi connectivity index (χ2n) is 4.95. The molecule has 0 amide bonds. The van der Waals surface area contributed by atoms with Crippen molar-refractivity contribution in [2.45, 2.75) is 12.8 Å². The summed E-state index contributed by atoms with van der Waals surface area (Å²) < 4.78 is 21.7. The van der Waals surface area contributed by atoms with Crippen molar-refractivity contribution in [2.75, 3.05) is 45.0 Å². The second-order valence-corrected chi connectivity index (χ2v) is 6.69. The fraction of sp³-hybridized carbons (Fsp3) is 1.00. The number of nitrogens with two attached hydrogens (primary N) is 1. The minimum Gasteiger partial charge on any atom is -0.301 e. The summed E-state index contributed by atoms with van der Waals surface area (Å²) in [5.41, 5.74) is 0. The molecular weight excluding hydrogens is 226 g/mol. The van der Waals surface area contributed by atoms with Crippen LogP contribution in [0.2, 0.25) is 0 Å². The highest BCUT2D eigenvalue weighted by molar-refractivity contribution is 7.89. The summed E-state index contributed by atoms with van der Waals surface area (Å²) in [5, 5.41) is 4.99. The quantitative estimate of drug-likeness (QED) is 0.698. The van der Waals surface area contributed by atoms with E-state index in [4.69, 9.17) is 5.14 Å². The van der Waals surface area contributed by atoms with Crippen molar-refractivity contribution in [2.24, 2.45) is 11.1 Å². The Bertz CT molecular complexity index is 319. The van der Waals surface area contributed by atoms with Gasteiger partial charge in [-0.25, -0.2) is 13.6 Å². The highest BCUT2D eigenvalue weighted by atomic mass is 32.2. The van der Waals surface area contributed by atoms with Gasteiger partial charge < -0.3 is 4.90 Å². The van der Waals surface area contributed by atoms with E-state index in [9.17, 15) is 8.42 Å². The Morgan fingerprint density at radius 3 is 2.12 bits per heavy atom. The summed E-state index contributed by atoms with van der Waals surface area (Å²) in [5.74, 6) is 1.02. The Morgan fingerprint density at radius 1 is 1.06 bits per heavy atom.